The molecular weight excluding hydrogens is 222 g/mol. The minimum absolute atomic E-state index is 0.510. The quantitative estimate of drug-likeness (QED) is 0.886. The van der Waals surface area contributed by atoms with Crippen molar-refractivity contribution in [1.82, 2.24) is 9.97 Å². The zero-order valence-corrected chi connectivity index (χ0v) is 9.48. The minimum Gasteiger partial charge on any atom is -0.384 e. The molecule has 0 amide bonds. The van der Waals surface area contributed by atoms with Gasteiger partial charge >= 0.3 is 0 Å². The molecule has 0 fully saturated rings. The molecule has 2 N–H and O–H groups in total. The summed E-state index contributed by atoms with van der Waals surface area (Å²) >= 11 is 5.90. The number of halogens is 1. The molecule has 0 aliphatic heterocycles. The van der Waals surface area contributed by atoms with Gasteiger partial charge in [0.05, 0.1) is 0 Å². The van der Waals surface area contributed by atoms with E-state index in [-0.39, 0.29) is 0 Å². The Bertz CT molecular complexity index is 440. The van der Waals surface area contributed by atoms with Gasteiger partial charge in [-0.25, -0.2) is 9.97 Å². The normalized spacial score (nSPS) is 10.3. The summed E-state index contributed by atoms with van der Waals surface area (Å²) in [6, 6.07) is 9.48. The first-order valence-electron chi connectivity index (χ1n) is 5.06. The molecular formula is C12H12ClN3. The zero-order valence-electron chi connectivity index (χ0n) is 8.73. The fourth-order valence-corrected chi connectivity index (χ4v) is 1.70. The fraction of sp³-hybridized carbons (Fsp3) is 0.167. The van der Waals surface area contributed by atoms with Crippen molar-refractivity contribution < 1.29 is 0 Å². The van der Waals surface area contributed by atoms with Gasteiger partial charge in [0.1, 0.15) is 11.6 Å². The van der Waals surface area contributed by atoms with Crippen LogP contribution in [-0.2, 0) is 12.8 Å². The lowest BCUT2D eigenvalue weighted by molar-refractivity contribution is 0.861. The lowest BCUT2D eigenvalue weighted by atomic mass is 10.1. The van der Waals surface area contributed by atoms with Crippen LogP contribution in [0.15, 0.2) is 36.5 Å². The number of rotatable bonds is 3. The molecule has 0 atom stereocenters. The monoisotopic (exact) mass is 233 g/mol. The second-order valence-corrected chi connectivity index (χ2v) is 3.96. The summed E-state index contributed by atoms with van der Waals surface area (Å²) in [6.07, 6.45) is 3.31. The Morgan fingerprint density at radius 1 is 1.19 bits per heavy atom. The molecule has 4 heteroatoms. The zero-order chi connectivity index (χ0) is 11.4. The third-order valence-corrected chi connectivity index (χ3v) is 2.49. The van der Waals surface area contributed by atoms with Crippen LogP contribution in [0.3, 0.4) is 0 Å². The molecule has 82 valence electrons. The van der Waals surface area contributed by atoms with Gasteiger partial charge in [0.15, 0.2) is 0 Å². The van der Waals surface area contributed by atoms with Gasteiger partial charge in [-0.15, -0.1) is 0 Å². The maximum atomic E-state index is 5.90. The number of nitrogen functional groups attached to an aromatic ring is 1. The topological polar surface area (TPSA) is 51.8 Å². The third kappa shape index (κ3) is 2.94. The maximum absolute atomic E-state index is 5.90. The van der Waals surface area contributed by atoms with Crippen LogP contribution in [0.25, 0.3) is 0 Å². The second kappa shape index (κ2) is 4.94. The third-order valence-electron chi connectivity index (χ3n) is 2.25. The second-order valence-electron chi connectivity index (χ2n) is 3.53. The number of hydrogen-bond acceptors (Lipinski definition) is 3. The summed E-state index contributed by atoms with van der Waals surface area (Å²) in [5.74, 6) is 1.27. The van der Waals surface area contributed by atoms with Crippen LogP contribution in [0.1, 0.15) is 11.4 Å². The summed E-state index contributed by atoms with van der Waals surface area (Å²) in [7, 11) is 0. The number of nitrogens with two attached hydrogens (primary N) is 1. The maximum Gasteiger partial charge on any atom is 0.130 e. The first-order chi connectivity index (χ1) is 7.74. The van der Waals surface area contributed by atoms with Crippen molar-refractivity contribution >= 4 is 17.4 Å². The van der Waals surface area contributed by atoms with Crippen molar-refractivity contribution in [3.8, 4) is 0 Å². The Morgan fingerprint density at radius 2 is 2.06 bits per heavy atom. The molecule has 0 radical (unpaired) electrons. The summed E-state index contributed by atoms with van der Waals surface area (Å²) in [5.41, 5.74) is 6.76. The van der Waals surface area contributed by atoms with E-state index in [9.17, 15) is 0 Å². The highest BCUT2D eigenvalue weighted by molar-refractivity contribution is 6.30. The molecule has 0 bridgehead atoms. The van der Waals surface area contributed by atoms with E-state index in [1.165, 1.54) is 5.56 Å². The number of nitrogens with zero attached hydrogens (tertiary/aromatic N) is 2. The summed E-state index contributed by atoms with van der Waals surface area (Å²) in [4.78, 5) is 8.30. The molecule has 0 aliphatic carbocycles. The van der Waals surface area contributed by atoms with Gasteiger partial charge in [0.25, 0.3) is 0 Å². The number of hydrogen-bond donors (Lipinski definition) is 1. The standard InChI is InChI=1S/C12H12ClN3/c13-10-3-1-2-9(8-10)4-5-12-15-7-6-11(14)16-12/h1-3,6-8H,4-5H2,(H2,14,15,16). The van der Waals surface area contributed by atoms with E-state index in [0.29, 0.717) is 5.82 Å². The molecule has 1 aromatic carbocycles. The van der Waals surface area contributed by atoms with Gasteiger partial charge in [-0.1, -0.05) is 23.7 Å². The van der Waals surface area contributed by atoms with E-state index in [1.807, 2.05) is 24.3 Å². The largest absolute Gasteiger partial charge is 0.384 e. The van der Waals surface area contributed by atoms with Crippen molar-refractivity contribution in [1.29, 1.82) is 0 Å². The molecule has 0 saturated heterocycles. The molecule has 0 aliphatic rings. The summed E-state index contributed by atoms with van der Waals surface area (Å²) in [5, 5.41) is 0.756. The van der Waals surface area contributed by atoms with Crippen molar-refractivity contribution in [2.75, 3.05) is 5.73 Å². The first-order valence-corrected chi connectivity index (χ1v) is 5.44. The van der Waals surface area contributed by atoms with Gasteiger partial charge in [-0.05, 0) is 30.2 Å². The van der Waals surface area contributed by atoms with Crippen LogP contribution in [0.2, 0.25) is 5.02 Å². The van der Waals surface area contributed by atoms with Crippen molar-refractivity contribution in [3.63, 3.8) is 0 Å². The highest BCUT2D eigenvalue weighted by Gasteiger charge is 1.99. The fourth-order valence-electron chi connectivity index (χ4n) is 1.48. The van der Waals surface area contributed by atoms with Gasteiger partial charge in [-0.2, -0.15) is 0 Å². The number of aromatic nitrogens is 2. The van der Waals surface area contributed by atoms with Crippen LogP contribution in [-0.4, -0.2) is 9.97 Å². The molecule has 0 saturated carbocycles. The average Bonchev–Trinajstić information content (AvgIpc) is 2.27. The van der Waals surface area contributed by atoms with Gasteiger partial charge in [0, 0.05) is 17.6 Å². The Morgan fingerprint density at radius 3 is 2.81 bits per heavy atom. The van der Waals surface area contributed by atoms with Crippen LogP contribution in [0.4, 0.5) is 5.82 Å². The highest BCUT2D eigenvalue weighted by Crippen LogP contribution is 2.12. The van der Waals surface area contributed by atoms with Crippen LogP contribution < -0.4 is 5.73 Å². The molecule has 2 aromatic rings. The Balaban J connectivity index is 2.02. The highest BCUT2D eigenvalue weighted by atomic mass is 35.5. The van der Waals surface area contributed by atoms with Gasteiger partial charge in [0.2, 0.25) is 0 Å². The first kappa shape index (κ1) is 10.9. The molecule has 3 nitrogen and oxygen atoms in total. The SMILES string of the molecule is Nc1ccnc(CCc2cccc(Cl)c2)n1. The van der Waals surface area contributed by atoms with E-state index in [2.05, 4.69) is 9.97 Å². The number of anilines is 1. The Hall–Kier alpha value is -1.61. The average molecular weight is 234 g/mol. The van der Waals surface area contributed by atoms with Crippen molar-refractivity contribution in [2.45, 2.75) is 12.8 Å². The Kier molecular flexibility index (Phi) is 3.37. The predicted molar refractivity (Wildman–Crippen MR) is 65.3 cm³/mol. The number of benzene rings is 1. The predicted octanol–water partition coefficient (Wildman–Crippen LogP) is 2.50. The molecule has 0 unspecified atom stereocenters. The van der Waals surface area contributed by atoms with E-state index in [1.54, 1.807) is 12.3 Å². The van der Waals surface area contributed by atoms with Crippen molar-refractivity contribution in [3.05, 3.63) is 52.9 Å². The van der Waals surface area contributed by atoms with Crippen LogP contribution in [0, 0.1) is 0 Å². The van der Waals surface area contributed by atoms with E-state index < -0.39 is 0 Å². The van der Waals surface area contributed by atoms with Crippen LogP contribution in [0.5, 0.6) is 0 Å². The molecule has 1 aromatic heterocycles. The minimum atomic E-state index is 0.510. The summed E-state index contributed by atoms with van der Waals surface area (Å²) < 4.78 is 0. The lowest BCUT2D eigenvalue weighted by Gasteiger charge is -2.02. The van der Waals surface area contributed by atoms with Crippen molar-refractivity contribution in [2.24, 2.45) is 0 Å². The van der Waals surface area contributed by atoms with Crippen LogP contribution >= 0.6 is 11.6 Å². The Labute approximate surface area is 99.3 Å². The lowest BCUT2D eigenvalue weighted by Crippen LogP contribution is -2.00. The molecule has 0 spiro atoms. The molecule has 2 rings (SSSR count). The van der Waals surface area contributed by atoms with Gasteiger partial charge in [-0.3, -0.25) is 0 Å². The van der Waals surface area contributed by atoms with Gasteiger partial charge < -0.3 is 5.73 Å². The van der Waals surface area contributed by atoms with E-state index in [4.69, 9.17) is 17.3 Å². The molecule has 16 heavy (non-hydrogen) atoms. The summed E-state index contributed by atoms with van der Waals surface area (Å²) in [6.45, 7) is 0. The number of aryl methyl sites for hydroxylation is 2. The van der Waals surface area contributed by atoms with E-state index in [0.717, 1.165) is 23.7 Å². The van der Waals surface area contributed by atoms with E-state index >= 15 is 0 Å². The smallest absolute Gasteiger partial charge is 0.130 e. The molecule has 1 heterocycles.